The molecule has 92 heavy (non-hydrogen) atoms. The zero-order valence-electron chi connectivity index (χ0n) is 53.9. The molecule has 0 atom stereocenters. The molecule has 0 amide bonds. The molecule has 9 heterocycles. The van der Waals surface area contributed by atoms with E-state index < -0.39 is 0 Å². The van der Waals surface area contributed by atoms with Crippen LogP contribution >= 0.6 is 45.6 Å². The van der Waals surface area contributed by atoms with Gasteiger partial charge in [0.15, 0.2) is 22.5 Å². The number of aryl methyl sites for hydroxylation is 14. The van der Waals surface area contributed by atoms with Gasteiger partial charge in [0.05, 0.1) is 28.5 Å². The second-order valence-electron chi connectivity index (χ2n) is 20.2. The zero-order valence-corrected chi connectivity index (χ0v) is 57.1. The number of thiophene rings is 1. The van der Waals surface area contributed by atoms with Gasteiger partial charge in [-0.15, -0.1) is 34.0 Å². The minimum absolute atomic E-state index is 0.0387. The Morgan fingerprint density at radius 3 is 1.35 bits per heavy atom. The third kappa shape index (κ3) is 21.2. The SMILES string of the molecule is CCc1nc(C)nc(C)n1.COc1ccc(Cl)c2c(=O)c3ccccc3sc12.Cc1ccc2sc3ccccc3c(=O)c2c1.Cc1nc(C)nc(/C=C/c2ccco2)n1.Cc1nc(C)nc(/C=C/c2cccs2)n1.Cc1nc(C)nc(C)n1.Cc1nc(C)nc(C)n1. The molecule has 0 aliphatic carbocycles. The molecular formula is C69H70ClN15O4S3. The van der Waals surface area contributed by atoms with E-state index in [1.807, 2.05) is 205 Å². The van der Waals surface area contributed by atoms with E-state index in [0.717, 1.165) is 123 Å². The van der Waals surface area contributed by atoms with Crippen LogP contribution in [0.5, 0.6) is 5.75 Å². The molecule has 13 rings (SSSR count). The van der Waals surface area contributed by atoms with E-state index in [2.05, 4.69) is 80.8 Å². The lowest BCUT2D eigenvalue weighted by atomic mass is 10.1. The van der Waals surface area contributed by atoms with Crippen LogP contribution in [0.4, 0.5) is 0 Å². The lowest BCUT2D eigenvalue weighted by Crippen LogP contribution is -2.02. The number of ether oxygens (including phenoxy) is 1. The number of hydrogen-bond acceptors (Lipinski definition) is 22. The van der Waals surface area contributed by atoms with Gasteiger partial charge in [-0.25, -0.2) is 74.8 Å². The van der Waals surface area contributed by atoms with Crippen molar-refractivity contribution in [3.05, 3.63) is 244 Å². The number of aromatic nitrogens is 15. The number of halogens is 1. The van der Waals surface area contributed by atoms with Gasteiger partial charge in [-0.05, 0) is 186 Å². The molecule has 0 spiro atoms. The summed E-state index contributed by atoms with van der Waals surface area (Å²) in [6, 6.07) is 32.6. The molecule has 0 saturated heterocycles. The van der Waals surface area contributed by atoms with E-state index in [9.17, 15) is 9.59 Å². The van der Waals surface area contributed by atoms with E-state index in [-0.39, 0.29) is 10.9 Å². The van der Waals surface area contributed by atoms with Crippen LogP contribution in [0, 0.1) is 90.0 Å². The average molecular weight is 1310 g/mol. The minimum atomic E-state index is -0.0387. The highest BCUT2D eigenvalue weighted by atomic mass is 35.5. The van der Waals surface area contributed by atoms with Gasteiger partial charge in [0.2, 0.25) is 0 Å². The van der Waals surface area contributed by atoms with E-state index in [4.69, 9.17) is 20.8 Å². The van der Waals surface area contributed by atoms with Crippen LogP contribution in [0.3, 0.4) is 0 Å². The van der Waals surface area contributed by atoms with Crippen LogP contribution < -0.4 is 15.6 Å². The van der Waals surface area contributed by atoms with Crippen molar-refractivity contribution in [2.24, 2.45) is 0 Å². The monoisotopic (exact) mass is 1300 g/mol. The maximum atomic E-state index is 12.4. The second kappa shape index (κ2) is 33.9. The van der Waals surface area contributed by atoms with Gasteiger partial charge in [0.1, 0.15) is 87.2 Å². The molecule has 0 aliphatic heterocycles. The van der Waals surface area contributed by atoms with E-state index in [1.165, 1.54) is 16.2 Å². The Hall–Kier alpha value is -9.74. The molecule has 0 bridgehead atoms. The summed E-state index contributed by atoms with van der Waals surface area (Å²) in [4.78, 5) is 87.3. The third-order valence-corrected chi connectivity index (χ3v) is 15.9. The lowest BCUT2D eigenvalue weighted by Gasteiger charge is -2.07. The Labute approximate surface area is 550 Å². The number of rotatable bonds is 6. The first-order valence-electron chi connectivity index (χ1n) is 29.0. The summed E-state index contributed by atoms with van der Waals surface area (Å²) in [6.07, 6.45) is 10.1. The van der Waals surface area contributed by atoms with Gasteiger partial charge in [-0.1, -0.05) is 60.5 Å². The Kier molecular flexibility index (Phi) is 25.7. The number of fused-ring (bicyclic) bond motifs is 4. The first-order chi connectivity index (χ1) is 44.0. The largest absolute Gasteiger partial charge is 0.495 e. The summed E-state index contributed by atoms with van der Waals surface area (Å²) in [5.74, 6) is 13.0. The molecular weight excluding hydrogens is 1230 g/mol. The van der Waals surface area contributed by atoms with Crippen LogP contribution in [0.25, 0.3) is 64.6 Å². The maximum absolute atomic E-state index is 12.4. The van der Waals surface area contributed by atoms with Crippen molar-refractivity contribution < 1.29 is 9.15 Å². The molecule has 0 saturated carbocycles. The summed E-state index contributed by atoms with van der Waals surface area (Å²) in [7, 11) is 1.59. The highest BCUT2D eigenvalue weighted by molar-refractivity contribution is 7.25. The predicted octanol–water partition coefficient (Wildman–Crippen LogP) is 15.4. The molecule has 0 radical (unpaired) electrons. The number of nitrogens with zero attached hydrogens (tertiary/aromatic N) is 15. The first kappa shape index (κ1) is 69.7. The van der Waals surface area contributed by atoms with Crippen LogP contribution in [0.15, 0.2) is 129 Å². The van der Waals surface area contributed by atoms with Gasteiger partial charge >= 0.3 is 0 Å². The molecule has 9 aromatic heterocycles. The van der Waals surface area contributed by atoms with Gasteiger partial charge < -0.3 is 9.15 Å². The Morgan fingerprint density at radius 1 is 0.446 bits per heavy atom. The standard InChI is InChI=1S/C14H9ClO2S.C14H10OS.C11H11N3O.C11H11N3S.C7H11N3.2C6H9N3/c1-17-10-7-6-9(15)12-13(16)8-4-2-3-5-11(8)18-14(10)12;1-9-6-7-13-11(8-9)14(15)10-4-2-3-5-12(10)16-13;2*1-8-12-9(2)14-11(13-8)6-5-10-4-3-7-15-10;1-4-7-9-5(2)8-6(3)10-7;2*1-4-7-5(2)9-6(3)8-4/h2-7H,1H3;2-8H,1H3;2*3-7H,1-2H3;4H2,1-3H3;2*1-3H3/b;;2*6-5+;;;. The third-order valence-electron chi connectivity index (χ3n) is 12.4. The van der Waals surface area contributed by atoms with Crippen molar-refractivity contribution in [3.63, 3.8) is 0 Å². The Bertz CT molecular complexity index is 4510. The number of hydrogen-bond donors (Lipinski definition) is 0. The quantitative estimate of drug-likeness (QED) is 0.140. The molecule has 4 aromatic carbocycles. The molecule has 23 heteroatoms. The summed E-state index contributed by atoms with van der Waals surface area (Å²) >= 11 is 11.0. The molecule has 0 unspecified atom stereocenters. The zero-order chi connectivity index (χ0) is 66.4. The highest BCUT2D eigenvalue weighted by Crippen LogP contribution is 2.35. The average Bonchev–Trinajstić information content (AvgIpc) is 0.862. The number of benzene rings is 4. The Balaban J connectivity index is 0.000000155. The smallest absolute Gasteiger partial charge is 0.197 e. The van der Waals surface area contributed by atoms with Crippen LogP contribution in [-0.4, -0.2) is 81.9 Å². The van der Waals surface area contributed by atoms with Gasteiger partial charge in [0.25, 0.3) is 0 Å². The van der Waals surface area contributed by atoms with Crippen molar-refractivity contribution in [1.29, 1.82) is 0 Å². The molecule has 470 valence electrons. The molecule has 0 fully saturated rings. The Morgan fingerprint density at radius 2 is 0.891 bits per heavy atom. The lowest BCUT2D eigenvalue weighted by molar-refractivity contribution is 0.420. The summed E-state index contributed by atoms with van der Waals surface area (Å²) in [5.41, 5.74) is 1.24. The van der Waals surface area contributed by atoms with Crippen molar-refractivity contribution in [1.82, 2.24) is 74.8 Å². The van der Waals surface area contributed by atoms with Gasteiger partial charge in [0, 0.05) is 41.6 Å². The van der Waals surface area contributed by atoms with Crippen LogP contribution in [0.2, 0.25) is 5.02 Å². The molecule has 13 aromatic rings. The molecule has 0 N–H and O–H groups in total. The fraction of sp³-hybridized carbons (Fsp3) is 0.232. The fourth-order valence-electron chi connectivity index (χ4n) is 8.83. The topological polar surface area (TPSA) is 250 Å². The van der Waals surface area contributed by atoms with Gasteiger partial charge in [-0.3, -0.25) is 9.59 Å². The van der Waals surface area contributed by atoms with E-state index in [0.29, 0.717) is 33.2 Å². The first-order valence-corrected chi connectivity index (χ1v) is 31.9. The van der Waals surface area contributed by atoms with Crippen molar-refractivity contribution in [3.8, 4) is 5.75 Å². The minimum Gasteiger partial charge on any atom is -0.495 e. The number of furan rings is 1. The van der Waals surface area contributed by atoms with Crippen molar-refractivity contribution >= 4 is 110 Å². The van der Waals surface area contributed by atoms with Crippen molar-refractivity contribution in [2.75, 3.05) is 7.11 Å². The fourth-order valence-corrected chi connectivity index (χ4v) is 12.0. The van der Waals surface area contributed by atoms with Crippen molar-refractivity contribution in [2.45, 2.75) is 103 Å². The van der Waals surface area contributed by atoms with Crippen LogP contribution in [0.1, 0.15) is 110 Å². The normalized spacial score (nSPS) is 10.7. The summed E-state index contributed by atoms with van der Waals surface area (Å²) < 4.78 is 14.3. The summed E-state index contributed by atoms with van der Waals surface area (Å²) in [5, 5.41) is 5.42. The predicted molar refractivity (Wildman–Crippen MR) is 374 cm³/mol. The number of methoxy groups -OCH3 is 1. The molecule has 0 aliphatic rings. The van der Waals surface area contributed by atoms with E-state index >= 15 is 0 Å². The van der Waals surface area contributed by atoms with Crippen LogP contribution in [-0.2, 0) is 6.42 Å². The summed E-state index contributed by atoms with van der Waals surface area (Å²) in [6.45, 7) is 26.4. The molecule has 19 nitrogen and oxygen atoms in total. The maximum Gasteiger partial charge on any atom is 0.197 e. The van der Waals surface area contributed by atoms with E-state index in [1.54, 1.807) is 54.3 Å². The highest BCUT2D eigenvalue weighted by Gasteiger charge is 2.13. The van der Waals surface area contributed by atoms with Gasteiger partial charge in [-0.2, -0.15) is 0 Å². The second-order valence-corrected chi connectivity index (χ2v) is 23.8.